The van der Waals surface area contributed by atoms with Crippen LogP contribution >= 0.6 is 0 Å². The number of amides is 1. The number of alkyl halides is 3. The first-order valence-electron chi connectivity index (χ1n) is 7.54. The molecule has 3 nitrogen and oxygen atoms in total. The predicted octanol–water partition coefficient (Wildman–Crippen LogP) is 2.72. The number of nitrogens with two attached hydrogens (primary N) is 1. The standard InChI is InChI=1S/C15H23F3N2O/c1-2-6-20(9-15(16,17)18)14(21)12-7-10-4-3-5-11(8-12)13(10)19/h2,10-13H,1,3-9,19H2. The van der Waals surface area contributed by atoms with Crippen LogP contribution in [0.2, 0.25) is 0 Å². The largest absolute Gasteiger partial charge is 0.406 e. The number of halogens is 3. The van der Waals surface area contributed by atoms with Crippen LogP contribution in [0, 0.1) is 17.8 Å². The van der Waals surface area contributed by atoms with Crippen LogP contribution in [0.25, 0.3) is 0 Å². The van der Waals surface area contributed by atoms with Crippen LogP contribution in [0.3, 0.4) is 0 Å². The highest BCUT2D eigenvalue weighted by Crippen LogP contribution is 2.42. The molecule has 0 radical (unpaired) electrons. The Morgan fingerprint density at radius 3 is 2.33 bits per heavy atom. The zero-order chi connectivity index (χ0) is 15.6. The number of hydrogen-bond acceptors (Lipinski definition) is 2. The molecule has 0 aromatic carbocycles. The Morgan fingerprint density at radius 1 is 1.29 bits per heavy atom. The minimum absolute atomic E-state index is 0.0593. The molecule has 0 heterocycles. The number of rotatable bonds is 4. The quantitative estimate of drug-likeness (QED) is 0.812. The minimum Gasteiger partial charge on any atom is -0.330 e. The molecule has 2 unspecified atom stereocenters. The highest BCUT2D eigenvalue weighted by Gasteiger charge is 2.43. The first-order chi connectivity index (χ1) is 9.81. The van der Waals surface area contributed by atoms with E-state index in [4.69, 9.17) is 5.73 Å². The number of carbonyl (C=O) groups excluding carboxylic acids is 1. The van der Waals surface area contributed by atoms with Gasteiger partial charge in [0.2, 0.25) is 5.91 Å². The molecule has 0 spiro atoms. The summed E-state index contributed by atoms with van der Waals surface area (Å²) in [6.45, 7) is 2.19. The molecule has 1 amide bonds. The van der Waals surface area contributed by atoms with Crippen molar-refractivity contribution >= 4 is 5.91 Å². The van der Waals surface area contributed by atoms with Crippen molar-refractivity contribution in [2.24, 2.45) is 23.5 Å². The lowest BCUT2D eigenvalue weighted by Gasteiger charge is -2.44. The van der Waals surface area contributed by atoms with E-state index >= 15 is 0 Å². The second-order valence-electron chi connectivity index (χ2n) is 6.32. The zero-order valence-corrected chi connectivity index (χ0v) is 12.1. The summed E-state index contributed by atoms with van der Waals surface area (Å²) in [5.41, 5.74) is 6.16. The summed E-state index contributed by atoms with van der Waals surface area (Å²) in [6.07, 6.45) is 1.32. The summed E-state index contributed by atoms with van der Waals surface area (Å²) >= 11 is 0. The van der Waals surface area contributed by atoms with Crippen LogP contribution in [0.4, 0.5) is 13.2 Å². The third kappa shape index (κ3) is 3.99. The second kappa shape index (κ2) is 6.38. The van der Waals surface area contributed by atoms with Crippen molar-refractivity contribution in [1.29, 1.82) is 0 Å². The summed E-state index contributed by atoms with van der Waals surface area (Å²) in [5.74, 6) is -0.149. The maximum absolute atomic E-state index is 12.6. The Morgan fingerprint density at radius 2 is 1.86 bits per heavy atom. The molecule has 2 aliphatic rings. The normalized spacial score (nSPS) is 32.6. The van der Waals surface area contributed by atoms with E-state index in [2.05, 4.69) is 6.58 Å². The van der Waals surface area contributed by atoms with Gasteiger partial charge in [-0.15, -0.1) is 6.58 Å². The Bertz CT molecular complexity index is 383. The molecular weight excluding hydrogens is 281 g/mol. The van der Waals surface area contributed by atoms with Crippen LogP contribution in [0.5, 0.6) is 0 Å². The van der Waals surface area contributed by atoms with E-state index in [0.717, 1.165) is 24.2 Å². The monoisotopic (exact) mass is 304 g/mol. The van der Waals surface area contributed by atoms with Gasteiger partial charge in [0.15, 0.2) is 0 Å². The van der Waals surface area contributed by atoms with Crippen LogP contribution in [-0.2, 0) is 4.79 Å². The first-order valence-corrected chi connectivity index (χ1v) is 7.54. The number of carbonyl (C=O) groups is 1. The first kappa shape index (κ1) is 16.3. The summed E-state index contributed by atoms with van der Waals surface area (Å²) in [4.78, 5) is 13.3. The third-order valence-corrected chi connectivity index (χ3v) is 4.79. The maximum atomic E-state index is 12.6. The lowest BCUT2D eigenvalue weighted by Crippen LogP contribution is -2.50. The molecule has 0 aromatic rings. The number of hydrogen-bond donors (Lipinski definition) is 1. The van der Waals surface area contributed by atoms with Crippen molar-refractivity contribution in [1.82, 2.24) is 4.90 Å². The lowest BCUT2D eigenvalue weighted by molar-refractivity contribution is -0.164. The Kier molecular flexibility index (Phi) is 4.96. The summed E-state index contributed by atoms with van der Waals surface area (Å²) < 4.78 is 37.8. The summed E-state index contributed by atoms with van der Waals surface area (Å²) in [6, 6.07) is 0.110. The van der Waals surface area contributed by atoms with E-state index < -0.39 is 18.6 Å². The molecule has 2 N–H and O–H groups in total. The number of nitrogens with zero attached hydrogens (tertiary/aromatic N) is 1. The highest BCUT2D eigenvalue weighted by atomic mass is 19.4. The van der Waals surface area contributed by atoms with Gasteiger partial charge < -0.3 is 10.6 Å². The third-order valence-electron chi connectivity index (χ3n) is 4.79. The molecule has 2 atom stereocenters. The fourth-order valence-electron chi connectivity index (χ4n) is 3.85. The molecule has 2 saturated carbocycles. The van der Waals surface area contributed by atoms with Gasteiger partial charge in [0.25, 0.3) is 0 Å². The predicted molar refractivity (Wildman–Crippen MR) is 74.4 cm³/mol. The Labute approximate surface area is 123 Å². The van der Waals surface area contributed by atoms with Gasteiger partial charge in [-0.3, -0.25) is 4.79 Å². The molecule has 0 saturated heterocycles. The van der Waals surface area contributed by atoms with Gasteiger partial charge in [-0.1, -0.05) is 12.5 Å². The summed E-state index contributed by atoms with van der Waals surface area (Å²) in [5, 5.41) is 0. The molecule has 6 heteroatoms. The topological polar surface area (TPSA) is 46.3 Å². The number of fused-ring (bicyclic) bond motifs is 2. The van der Waals surface area contributed by atoms with E-state index in [1.807, 2.05) is 0 Å². The average molecular weight is 304 g/mol. The average Bonchev–Trinajstić information content (AvgIpc) is 2.35. The molecule has 120 valence electrons. The van der Waals surface area contributed by atoms with Crippen molar-refractivity contribution in [3.63, 3.8) is 0 Å². The van der Waals surface area contributed by atoms with Gasteiger partial charge in [-0.2, -0.15) is 13.2 Å². The lowest BCUT2D eigenvalue weighted by atomic mass is 9.65. The molecule has 21 heavy (non-hydrogen) atoms. The SMILES string of the molecule is C=CCN(CC(F)(F)F)C(=O)C1CC2CCCC(C1)C2N. The summed E-state index contributed by atoms with van der Waals surface area (Å²) in [7, 11) is 0. The van der Waals surface area contributed by atoms with Gasteiger partial charge in [-0.25, -0.2) is 0 Å². The Hall–Kier alpha value is -1.04. The smallest absolute Gasteiger partial charge is 0.330 e. The van der Waals surface area contributed by atoms with E-state index in [1.165, 1.54) is 6.08 Å². The van der Waals surface area contributed by atoms with E-state index in [9.17, 15) is 18.0 Å². The molecule has 2 aliphatic carbocycles. The van der Waals surface area contributed by atoms with Gasteiger partial charge in [-0.05, 0) is 37.5 Å². The van der Waals surface area contributed by atoms with Crippen molar-refractivity contribution < 1.29 is 18.0 Å². The van der Waals surface area contributed by atoms with Crippen LogP contribution in [-0.4, -0.2) is 36.1 Å². The zero-order valence-electron chi connectivity index (χ0n) is 12.1. The van der Waals surface area contributed by atoms with Gasteiger partial charge in [0.05, 0.1) is 0 Å². The Balaban J connectivity index is 2.05. The van der Waals surface area contributed by atoms with Crippen LogP contribution < -0.4 is 5.73 Å². The fourth-order valence-corrected chi connectivity index (χ4v) is 3.85. The highest BCUT2D eigenvalue weighted by molar-refractivity contribution is 5.79. The van der Waals surface area contributed by atoms with Crippen LogP contribution in [0.1, 0.15) is 32.1 Å². The van der Waals surface area contributed by atoms with Crippen LogP contribution in [0.15, 0.2) is 12.7 Å². The van der Waals surface area contributed by atoms with E-state index in [-0.39, 0.29) is 30.3 Å². The van der Waals surface area contributed by atoms with E-state index in [1.54, 1.807) is 0 Å². The van der Waals surface area contributed by atoms with Gasteiger partial charge in [0, 0.05) is 18.5 Å². The molecule has 2 rings (SSSR count). The van der Waals surface area contributed by atoms with Crippen molar-refractivity contribution in [2.45, 2.75) is 44.3 Å². The second-order valence-corrected chi connectivity index (χ2v) is 6.32. The maximum Gasteiger partial charge on any atom is 0.406 e. The van der Waals surface area contributed by atoms with Gasteiger partial charge >= 0.3 is 6.18 Å². The molecule has 2 bridgehead atoms. The molecule has 0 aliphatic heterocycles. The van der Waals surface area contributed by atoms with Crippen molar-refractivity contribution in [3.05, 3.63) is 12.7 Å². The fraction of sp³-hybridized carbons (Fsp3) is 0.800. The van der Waals surface area contributed by atoms with Gasteiger partial charge in [0.1, 0.15) is 6.54 Å². The molecule has 2 fully saturated rings. The van der Waals surface area contributed by atoms with Crippen molar-refractivity contribution in [3.8, 4) is 0 Å². The molecule has 0 aromatic heterocycles. The van der Waals surface area contributed by atoms with E-state index in [0.29, 0.717) is 12.8 Å². The minimum atomic E-state index is -4.38. The van der Waals surface area contributed by atoms with Crippen molar-refractivity contribution in [2.75, 3.05) is 13.1 Å². The molecular formula is C15H23F3N2O.